The quantitative estimate of drug-likeness (QED) is 0.110. The number of esters is 1. The summed E-state index contributed by atoms with van der Waals surface area (Å²) in [6.45, 7) is 1.77. The molecule has 146 valence electrons. The highest BCUT2D eigenvalue weighted by Gasteiger charge is 2.22. The highest BCUT2D eigenvalue weighted by Crippen LogP contribution is 2.27. The summed E-state index contributed by atoms with van der Waals surface area (Å²) in [5.41, 5.74) is 0.614. The van der Waals surface area contributed by atoms with Gasteiger partial charge in [-0.2, -0.15) is 0 Å². The Kier molecular flexibility index (Phi) is 5.99. The Balaban J connectivity index is 1.96. The number of ether oxygens (including phenoxy) is 1. The zero-order valence-electron chi connectivity index (χ0n) is 15.5. The van der Waals surface area contributed by atoms with Crippen LogP contribution in [-0.2, 0) is 9.53 Å². The molecule has 0 atom stereocenters. The van der Waals surface area contributed by atoms with E-state index in [1.54, 1.807) is 61.5 Å². The third kappa shape index (κ3) is 4.65. The minimum atomic E-state index is -0.755. The predicted molar refractivity (Wildman–Crippen MR) is 106 cm³/mol. The molecule has 0 N–H and O–H groups in total. The average Bonchev–Trinajstić information content (AvgIpc) is 3.21. The standard InChI is InChI=1S/C22H17NO6/c1-2-28-22(25)19(21(24)15-7-4-3-5-8-15)14-18-11-12-20(29-18)16-9-6-10-17(13-16)23(26)27/h3-14H,2H2,1H3. The number of rotatable bonds is 7. The fourth-order valence-electron chi connectivity index (χ4n) is 2.67. The molecule has 0 aliphatic heterocycles. The maximum Gasteiger partial charge on any atom is 0.342 e. The lowest BCUT2D eigenvalue weighted by Gasteiger charge is -2.06. The molecule has 7 heteroatoms. The minimum Gasteiger partial charge on any atom is -0.462 e. The Labute approximate surface area is 166 Å². The zero-order chi connectivity index (χ0) is 20.8. The molecule has 7 nitrogen and oxygen atoms in total. The first-order valence-electron chi connectivity index (χ1n) is 8.83. The zero-order valence-corrected chi connectivity index (χ0v) is 15.5. The third-order valence-corrected chi connectivity index (χ3v) is 4.03. The number of furan rings is 1. The number of carbonyl (C=O) groups is 2. The van der Waals surface area contributed by atoms with Crippen LogP contribution in [0.2, 0.25) is 0 Å². The first-order valence-corrected chi connectivity index (χ1v) is 8.83. The molecular formula is C22H17NO6. The van der Waals surface area contributed by atoms with Crippen LogP contribution in [-0.4, -0.2) is 23.3 Å². The van der Waals surface area contributed by atoms with Gasteiger partial charge in [0, 0.05) is 23.3 Å². The fourth-order valence-corrected chi connectivity index (χ4v) is 2.67. The van der Waals surface area contributed by atoms with Crippen molar-refractivity contribution in [1.29, 1.82) is 0 Å². The van der Waals surface area contributed by atoms with Gasteiger partial charge in [0.2, 0.25) is 0 Å². The molecule has 0 aliphatic carbocycles. The Morgan fingerprint density at radius 3 is 2.52 bits per heavy atom. The first-order chi connectivity index (χ1) is 14.0. The number of benzene rings is 2. The molecule has 29 heavy (non-hydrogen) atoms. The fraction of sp³-hybridized carbons (Fsp3) is 0.0909. The van der Waals surface area contributed by atoms with Crippen molar-refractivity contribution < 1.29 is 23.7 Å². The van der Waals surface area contributed by atoms with Crippen LogP contribution in [0, 0.1) is 10.1 Å². The Hall–Kier alpha value is -4.00. The molecule has 0 saturated heterocycles. The van der Waals surface area contributed by atoms with Gasteiger partial charge in [0.1, 0.15) is 17.1 Å². The number of carbonyl (C=O) groups excluding carboxylic acids is 2. The van der Waals surface area contributed by atoms with Gasteiger partial charge in [0.05, 0.1) is 11.5 Å². The molecule has 0 fully saturated rings. The summed E-state index contributed by atoms with van der Waals surface area (Å²) in [7, 11) is 0. The van der Waals surface area contributed by atoms with E-state index in [-0.39, 0.29) is 23.6 Å². The van der Waals surface area contributed by atoms with E-state index >= 15 is 0 Å². The maximum absolute atomic E-state index is 12.8. The normalized spacial score (nSPS) is 11.1. The van der Waals surface area contributed by atoms with Crippen molar-refractivity contribution >= 4 is 23.5 Å². The van der Waals surface area contributed by atoms with Crippen LogP contribution in [0.3, 0.4) is 0 Å². The van der Waals surface area contributed by atoms with E-state index in [1.165, 1.54) is 18.2 Å². The highest BCUT2D eigenvalue weighted by molar-refractivity contribution is 6.26. The number of nitro benzene ring substituents is 1. The SMILES string of the molecule is CCOC(=O)C(=Cc1ccc(-c2cccc([N+](=O)[O-])c2)o1)C(=O)c1ccccc1. The lowest BCUT2D eigenvalue weighted by molar-refractivity contribution is -0.384. The summed E-state index contributed by atoms with van der Waals surface area (Å²) < 4.78 is 10.7. The average molecular weight is 391 g/mol. The molecule has 3 rings (SSSR count). The second kappa shape index (κ2) is 8.79. The number of nitrogens with zero attached hydrogens (tertiary/aromatic N) is 1. The van der Waals surface area contributed by atoms with Gasteiger partial charge in [0.15, 0.2) is 5.78 Å². The van der Waals surface area contributed by atoms with Crippen LogP contribution in [0.1, 0.15) is 23.0 Å². The molecule has 0 aliphatic rings. The number of hydrogen-bond acceptors (Lipinski definition) is 6. The second-order valence-corrected chi connectivity index (χ2v) is 5.98. The van der Waals surface area contributed by atoms with Gasteiger partial charge in [-0.25, -0.2) is 4.79 Å². The number of ketones is 1. The summed E-state index contributed by atoms with van der Waals surface area (Å²) >= 11 is 0. The van der Waals surface area contributed by atoms with E-state index in [2.05, 4.69) is 0 Å². The van der Waals surface area contributed by atoms with Gasteiger partial charge in [-0.15, -0.1) is 0 Å². The van der Waals surface area contributed by atoms with Crippen LogP contribution in [0.5, 0.6) is 0 Å². The van der Waals surface area contributed by atoms with Crippen LogP contribution in [0.4, 0.5) is 5.69 Å². The van der Waals surface area contributed by atoms with Gasteiger partial charge in [-0.05, 0) is 25.1 Å². The lowest BCUT2D eigenvalue weighted by atomic mass is 10.0. The Morgan fingerprint density at radius 2 is 1.83 bits per heavy atom. The summed E-state index contributed by atoms with van der Waals surface area (Å²) in [5.74, 6) is -0.624. The minimum absolute atomic E-state index is 0.0672. The van der Waals surface area contributed by atoms with Gasteiger partial charge >= 0.3 is 5.97 Å². The van der Waals surface area contributed by atoms with E-state index in [1.807, 2.05) is 0 Å². The molecule has 3 aromatic rings. The summed E-state index contributed by atoms with van der Waals surface area (Å²) in [5, 5.41) is 11.0. The van der Waals surface area contributed by atoms with Crippen molar-refractivity contribution in [2.45, 2.75) is 6.92 Å². The van der Waals surface area contributed by atoms with Crippen LogP contribution in [0.25, 0.3) is 17.4 Å². The molecule has 0 spiro atoms. The number of Topliss-reactive ketones (excluding diaryl/α,β-unsaturated/α-hetero) is 1. The maximum atomic E-state index is 12.8. The van der Waals surface area contributed by atoms with Gasteiger partial charge in [0.25, 0.3) is 5.69 Å². The van der Waals surface area contributed by atoms with Crippen molar-refractivity contribution in [3.8, 4) is 11.3 Å². The number of non-ortho nitro benzene ring substituents is 1. The van der Waals surface area contributed by atoms with Crippen LogP contribution < -0.4 is 0 Å². The molecule has 0 radical (unpaired) electrons. The molecular weight excluding hydrogens is 374 g/mol. The molecule has 1 heterocycles. The number of nitro groups is 1. The third-order valence-electron chi connectivity index (χ3n) is 4.03. The van der Waals surface area contributed by atoms with Crippen LogP contribution in [0.15, 0.2) is 76.7 Å². The van der Waals surface area contributed by atoms with Crippen molar-refractivity contribution in [3.63, 3.8) is 0 Å². The second-order valence-electron chi connectivity index (χ2n) is 5.98. The molecule has 0 saturated carbocycles. The van der Waals surface area contributed by atoms with Crippen molar-refractivity contribution in [2.24, 2.45) is 0 Å². The first kappa shape index (κ1) is 19.8. The molecule has 0 bridgehead atoms. The monoisotopic (exact) mass is 391 g/mol. The topological polar surface area (TPSA) is 99.7 Å². The van der Waals surface area contributed by atoms with E-state index in [4.69, 9.17) is 9.15 Å². The lowest BCUT2D eigenvalue weighted by Crippen LogP contribution is -2.16. The summed E-state index contributed by atoms with van der Waals surface area (Å²) in [6, 6.07) is 17.5. The van der Waals surface area contributed by atoms with E-state index in [0.717, 1.165) is 0 Å². The summed E-state index contributed by atoms with van der Waals surface area (Å²) in [6.07, 6.45) is 1.31. The van der Waals surface area contributed by atoms with E-state index in [0.29, 0.717) is 16.9 Å². The number of hydrogen-bond donors (Lipinski definition) is 0. The van der Waals surface area contributed by atoms with Crippen molar-refractivity contribution in [2.75, 3.05) is 6.61 Å². The highest BCUT2D eigenvalue weighted by atomic mass is 16.6. The molecule has 0 unspecified atom stereocenters. The van der Waals surface area contributed by atoms with Gasteiger partial charge in [-0.1, -0.05) is 42.5 Å². The Bertz CT molecular complexity index is 1080. The molecule has 2 aromatic carbocycles. The smallest absolute Gasteiger partial charge is 0.342 e. The van der Waals surface area contributed by atoms with Crippen molar-refractivity contribution in [1.82, 2.24) is 0 Å². The van der Waals surface area contributed by atoms with Gasteiger partial charge in [-0.3, -0.25) is 14.9 Å². The van der Waals surface area contributed by atoms with Crippen LogP contribution >= 0.6 is 0 Å². The van der Waals surface area contributed by atoms with E-state index < -0.39 is 16.7 Å². The molecule has 1 aromatic heterocycles. The Morgan fingerprint density at radius 1 is 1.07 bits per heavy atom. The van der Waals surface area contributed by atoms with Crippen molar-refractivity contribution in [3.05, 3.63) is 93.7 Å². The largest absolute Gasteiger partial charge is 0.462 e. The molecule has 0 amide bonds. The van der Waals surface area contributed by atoms with Gasteiger partial charge < -0.3 is 9.15 Å². The van der Waals surface area contributed by atoms with E-state index in [9.17, 15) is 19.7 Å². The summed E-state index contributed by atoms with van der Waals surface area (Å²) in [4.78, 5) is 35.6. The predicted octanol–water partition coefficient (Wildman–Crippen LogP) is 4.68.